The number of nitrogens with one attached hydrogen (secondary N) is 1. The third-order valence-electron chi connectivity index (χ3n) is 2.89. The number of furan rings is 1. The van der Waals surface area contributed by atoms with Crippen molar-refractivity contribution >= 4 is 17.7 Å². The van der Waals surface area contributed by atoms with Gasteiger partial charge in [0, 0.05) is 11.6 Å². The van der Waals surface area contributed by atoms with Crippen LogP contribution in [0, 0.1) is 0 Å². The standard InChI is InChI=1S/C17H13N3O2/c21-16(9-8-15-7-4-10-22-15)20-14-11-18-17(19-12-14)13-5-2-1-3-6-13/h1-12H,(H,20,21). The molecule has 1 N–H and O–H groups in total. The highest BCUT2D eigenvalue weighted by Gasteiger charge is 2.02. The molecule has 0 fully saturated rings. The molecule has 5 nitrogen and oxygen atoms in total. The average molecular weight is 291 g/mol. The number of aromatic nitrogens is 2. The number of carbonyl (C=O) groups excluding carboxylic acids is 1. The van der Waals surface area contributed by atoms with Gasteiger partial charge in [-0.3, -0.25) is 4.79 Å². The van der Waals surface area contributed by atoms with E-state index in [1.807, 2.05) is 30.3 Å². The van der Waals surface area contributed by atoms with Gasteiger partial charge < -0.3 is 9.73 Å². The Morgan fingerprint density at radius 2 is 1.82 bits per heavy atom. The molecule has 0 saturated carbocycles. The van der Waals surface area contributed by atoms with E-state index in [0.717, 1.165) is 5.56 Å². The molecule has 0 aliphatic heterocycles. The van der Waals surface area contributed by atoms with Crippen LogP contribution < -0.4 is 5.32 Å². The second kappa shape index (κ2) is 6.49. The molecular formula is C17H13N3O2. The van der Waals surface area contributed by atoms with E-state index in [1.54, 1.807) is 36.9 Å². The van der Waals surface area contributed by atoms with Gasteiger partial charge in [0.25, 0.3) is 0 Å². The molecule has 2 heterocycles. The van der Waals surface area contributed by atoms with E-state index >= 15 is 0 Å². The fourth-order valence-corrected chi connectivity index (χ4v) is 1.86. The molecule has 0 saturated heterocycles. The fraction of sp³-hybridized carbons (Fsp3) is 0. The van der Waals surface area contributed by atoms with E-state index in [-0.39, 0.29) is 5.91 Å². The Bertz CT molecular complexity index is 763. The van der Waals surface area contributed by atoms with Crippen molar-refractivity contribution in [2.45, 2.75) is 0 Å². The Balaban J connectivity index is 1.65. The van der Waals surface area contributed by atoms with Crippen molar-refractivity contribution in [3.63, 3.8) is 0 Å². The lowest BCUT2D eigenvalue weighted by molar-refractivity contribution is -0.111. The first-order valence-corrected chi connectivity index (χ1v) is 6.71. The van der Waals surface area contributed by atoms with E-state index in [0.29, 0.717) is 17.3 Å². The molecule has 0 aliphatic carbocycles. The third kappa shape index (κ3) is 3.46. The van der Waals surface area contributed by atoms with Crippen LogP contribution in [0.1, 0.15) is 5.76 Å². The van der Waals surface area contributed by atoms with Gasteiger partial charge in [-0.1, -0.05) is 30.3 Å². The molecule has 1 aromatic carbocycles. The highest BCUT2D eigenvalue weighted by molar-refractivity contribution is 6.01. The summed E-state index contributed by atoms with van der Waals surface area (Å²) < 4.78 is 5.11. The van der Waals surface area contributed by atoms with Crippen LogP contribution in [0.5, 0.6) is 0 Å². The van der Waals surface area contributed by atoms with Crippen molar-refractivity contribution in [1.82, 2.24) is 9.97 Å². The SMILES string of the molecule is O=C(C=Cc1ccco1)Nc1cnc(-c2ccccc2)nc1. The summed E-state index contributed by atoms with van der Waals surface area (Å²) in [5.74, 6) is 0.961. The molecule has 5 heteroatoms. The first kappa shape index (κ1) is 13.8. The number of rotatable bonds is 4. The zero-order valence-electron chi connectivity index (χ0n) is 11.6. The van der Waals surface area contributed by atoms with Crippen LogP contribution in [0.15, 0.2) is 71.6 Å². The van der Waals surface area contributed by atoms with Crippen LogP contribution in [0.3, 0.4) is 0 Å². The van der Waals surface area contributed by atoms with Crippen LogP contribution in [0.4, 0.5) is 5.69 Å². The molecular weight excluding hydrogens is 278 g/mol. The summed E-state index contributed by atoms with van der Waals surface area (Å²) in [7, 11) is 0. The van der Waals surface area contributed by atoms with Crippen LogP contribution in [-0.2, 0) is 4.79 Å². The summed E-state index contributed by atoms with van der Waals surface area (Å²) in [5.41, 5.74) is 1.46. The molecule has 3 aromatic rings. The molecule has 108 valence electrons. The molecule has 0 bridgehead atoms. The van der Waals surface area contributed by atoms with Gasteiger partial charge in [0.2, 0.25) is 5.91 Å². The quantitative estimate of drug-likeness (QED) is 0.748. The number of hydrogen-bond donors (Lipinski definition) is 1. The highest BCUT2D eigenvalue weighted by atomic mass is 16.3. The lowest BCUT2D eigenvalue weighted by atomic mass is 10.2. The van der Waals surface area contributed by atoms with Crippen molar-refractivity contribution < 1.29 is 9.21 Å². The van der Waals surface area contributed by atoms with Crippen molar-refractivity contribution in [3.8, 4) is 11.4 Å². The van der Waals surface area contributed by atoms with Gasteiger partial charge in [0.05, 0.1) is 24.3 Å². The first-order chi connectivity index (χ1) is 10.8. The van der Waals surface area contributed by atoms with Crippen LogP contribution in [-0.4, -0.2) is 15.9 Å². The Morgan fingerprint density at radius 1 is 1.05 bits per heavy atom. The van der Waals surface area contributed by atoms with E-state index < -0.39 is 0 Å². The second-order valence-electron chi connectivity index (χ2n) is 4.50. The maximum absolute atomic E-state index is 11.8. The van der Waals surface area contributed by atoms with Crippen molar-refractivity contribution in [2.75, 3.05) is 5.32 Å². The van der Waals surface area contributed by atoms with E-state index in [9.17, 15) is 4.79 Å². The Labute approximate surface area is 127 Å². The minimum absolute atomic E-state index is 0.271. The lowest BCUT2D eigenvalue weighted by Gasteiger charge is -2.03. The van der Waals surface area contributed by atoms with Gasteiger partial charge in [0.15, 0.2) is 5.82 Å². The van der Waals surface area contributed by atoms with Crippen LogP contribution >= 0.6 is 0 Å². The lowest BCUT2D eigenvalue weighted by Crippen LogP contribution is -2.08. The van der Waals surface area contributed by atoms with Crippen LogP contribution in [0.25, 0.3) is 17.5 Å². The van der Waals surface area contributed by atoms with Crippen molar-refractivity contribution in [2.24, 2.45) is 0 Å². The summed E-state index contributed by atoms with van der Waals surface area (Å²) in [4.78, 5) is 20.3. The number of anilines is 1. The summed E-state index contributed by atoms with van der Waals surface area (Å²) in [6.07, 6.45) is 7.69. The molecule has 0 radical (unpaired) electrons. The zero-order valence-corrected chi connectivity index (χ0v) is 11.6. The van der Waals surface area contributed by atoms with E-state index in [2.05, 4.69) is 15.3 Å². The molecule has 0 aliphatic rings. The maximum atomic E-state index is 11.8. The topological polar surface area (TPSA) is 68.0 Å². The van der Waals surface area contributed by atoms with Gasteiger partial charge in [-0.15, -0.1) is 0 Å². The second-order valence-corrected chi connectivity index (χ2v) is 4.50. The van der Waals surface area contributed by atoms with Gasteiger partial charge in [-0.05, 0) is 18.2 Å². The van der Waals surface area contributed by atoms with Crippen LogP contribution in [0.2, 0.25) is 0 Å². The van der Waals surface area contributed by atoms with Gasteiger partial charge in [-0.2, -0.15) is 0 Å². The minimum atomic E-state index is -0.271. The van der Waals surface area contributed by atoms with Crippen molar-refractivity contribution in [1.29, 1.82) is 0 Å². The average Bonchev–Trinajstić information content (AvgIpc) is 3.08. The Kier molecular flexibility index (Phi) is 4.06. The summed E-state index contributed by atoms with van der Waals surface area (Å²) in [6.45, 7) is 0. The molecule has 0 atom stereocenters. The number of amides is 1. The van der Waals surface area contributed by atoms with Gasteiger partial charge in [0.1, 0.15) is 5.76 Å². The third-order valence-corrected chi connectivity index (χ3v) is 2.89. The fourth-order valence-electron chi connectivity index (χ4n) is 1.86. The molecule has 1 amide bonds. The summed E-state index contributed by atoms with van der Waals surface area (Å²) in [5, 5.41) is 2.69. The predicted molar refractivity (Wildman–Crippen MR) is 83.8 cm³/mol. The monoisotopic (exact) mass is 291 g/mol. The largest absolute Gasteiger partial charge is 0.465 e. The molecule has 2 aromatic heterocycles. The minimum Gasteiger partial charge on any atom is -0.465 e. The first-order valence-electron chi connectivity index (χ1n) is 6.71. The normalized spacial score (nSPS) is 10.7. The predicted octanol–water partition coefficient (Wildman–Crippen LogP) is 3.39. The highest BCUT2D eigenvalue weighted by Crippen LogP contribution is 2.14. The van der Waals surface area contributed by atoms with Crippen molar-refractivity contribution in [3.05, 3.63) is 73.0 Å². The smallest absolute Gasteiger partial charge is 0.248 e. The van der Waals surface area contributed by atoms with E-state index in [1.165, 1.54) is 6.08 Å². The Morgan fingerprint density at radius 3 is 2.50 bits per heavy atom. The molecule has 0 unspecified atom stereocenters. The molecule has 3 rings (SSSR count). The summed E-state index contributed by atoms with van der Waals surface area (Å²) >= 11 is 0. The van der Waals surface area contributed by atoms with Gasteiger partial charge >= 0.3 is 0 Å². The maximum Gasteiger partial charge on any atom is 0.248 e. The number of hydrogen-bond acceptors (Lipinski definition) is 4. The number of carbonyl (C=O) groups is 1. The Hall–Kier alpha value is -3.21. The molecule has 22 heavy (non-hydrogen) atoms. The summed E-state index contributed by atoms with van der Waals surface area (Å²) in [6, 6.07) is 13.2. The zero-order chi connectivity index (χ0) is 15.2. The van der Waals surface area contributed by atoms with Gasteiger partial charge in [-0.25, -0.2) is 9.97 Å². The van der Waals surface area contributed by atoms with E-state index in [4.69, 9.17) is 4.42 Å². The molecule has 0 spiro atoms. The number of nitrogens with zero attached hydrogens (tertiary/aromatic N) is 2. The number of benzene rings is 1.